The third-order valence-electron chi connectivity index (χ3n) is 2.23. The normalized spacial score (nSPS) is 12.3. The van der Waals surface area contributed by atoms with E-state index in [-0.39, 0.29) is 18.4 Å². The molecule has 1 heterocycles. The monoisotopic (exact) mass is 292 g/mol. The summed E-state index contributed by atoms with van der Waals surface area (Å²) < 4.78 is 0.856. The lowest BCUT2D eigenvalue weighted by Crippen LogP contribution is -2.11. The maximum atomic E-state index is 6.06. The fourth-order valence-corrected chi connectivity index (χ4v) is 1.71. The van der Waals surface area contributed by atoms with E-state index in [2.05, 4.69) is 34.8 Å². The van der Waals surface area contributed by atoms with Crippen molar-refractivity contribution in [2.24, 2.45) is 11.7 Å². The predicted molar refractivity (Wildman–Crippen MR) is 70.2 cm³/mol. The maximum absolute atomic E-state index is 6.06. The molecule has 0 aliphatic heterocycles. The standard InChI is InChI=1S/C11H17BrN2.ClH/c1-8(2)3-4-10(13)9-5-6-14-11(12)7-9;/h5-8,10H,3-4,13H2,1-2H3;1H/t10-;/m0./s1. The van der Waals surface area contributed by atoms with Gasteiger partial charge in [0, 0.05) is 12.2 Å². The average molecular weight is 294 g/mol. The Hall–Kier alpha value is -0.120. The first kappa shape index (κ1) is 14.9. The van der Waals surface area contributed by atoms with Gasteiger partial charge in [-0.05, 0) is 52.4 Å². The molecule has 0 fully saturated rings. The summed E-state index contributed by atoms with van der Waals surface area (Å²) >= 11 is 3.34. The first-order chi connectivity index (χ1) is 6.59. The zero-order valence-corrected chi connectivity index (χ0v) is 11.5. The zero-order chi connectivity index (χ0) is 10.6. The molecule has 86 valence electrons. The summed E-state index contributed by atoms with van der Waals surface area (Å²) in [7, 11) is 0. The fourth-order valence-electron chi connectivity index (χ4n) is 1.33. The summed E-state index contributed by atoms with van der Waals surface area (Å²) in [6.45, 7) is 4.43. The highest BCUT2D eigenvalue weighted by atomic mass is 79.9. The Morgan fingerprint density at radius 2 is 2.07 bits per heavy atom. The van der Waals surface area contributed by atoms with E-state index in [9.17, 15) is 0 Å². The van der Waals surface area contributed by atoms with Gasteiger partial charge in [0.2, 0.25) is 0 Å². The Morgan fingerprint density at radius 1 is 1.40 bits per heavy atom. The van der Waals surface area contributed by atoms with Crippen molar-refractivity contribution >= 4 is 28.3 Å². The third kappa shape index (κ3) is 5.50. The lowest BCUT2D eigenvalue weighted by molar-refractivity contribution is 0.507. The van der Waals surface area contributed by atoms with Crippen molar-refractivity contribution in [2.45, 2.75) is 32.7 Å². The zero-order valence-electron chi connectivity index (χ0n) is 9.11. The number of nitrogens with two attached hydrogens (primary N) is 1. The summed E-state index contributed by atoms with van der Waals surface area (Å²) in [5.41, 5.74) is 7.22. The van der Waals surface area contributed by atoms with Crippen LogP contribution in [0.3, 0.4) is 0 Å². The minimum atomic E-state index is 0. The molecule has 2 N–H and O–H groups in total. The van der Waals surface area contributed by atoms with Crippen LogP contribution in [0.15, 0.2) is 22.9 Å². The lowest BCUT2D eigenvalue weighted by Gasteiger charge is -2.13. The van der Waals surface area contributed by atoms with Crippen LogP contribution in [0.2, 0.25) is 0 Å². The topological polar surface area (TPSA) is 38.9 Å². The van der Waals surface area contributed by atoms with Crippen LogP contribution in [0.5, 0.6) is 0 Å². The highest BCUT2D eigenvalue weighted by Crippen LogP contribution is 2.20. The largest absolute Gasteiger partial charge is 0.324 e. The van der Waals surface area contributed by atoms with Gasteiger partial charge in [-0.3, -0.25) is 0 Å². The number of halogens is 2. The molecule has 0 aliphatic carbocycles. The summed E-state index contributed by atoms with van der Waals surface area (Å²) in [6, 6.07) is 4.11. The van der Waals surface area contributed by atoms with E-state index < -0.39 is 0 Å². The van der Waals surface area contributed by atoms with E-state index in [1.54, 1.807) is 6.20 Å². The Balaban J connectivity index is 0.00000196. The van der Waals surface area contributed by atoms with Gasteiger partial charge in [0.15, 0.2) is 0 Å². The molecular weight excluding hydrogens is 275 g/mol. The summed E-state index contributed by atoms with van der Waals surface area (Å²) in [4.78, 5) is 4.08. The number of rotatable bonds is 4. The van der Waals surface area contributed by atoms with Gasteiger partial charge in [-0.25, -0.2) is 4.98 Å². The van der Waals surface area contributed by atoms with Crippen molar-refractivity contribution < 1.29 is 0 Å². The highest BCUT2D eigenvalue weighted by molar-refractivity contribution is 9.10. The molecule has 0 spiro atoms. The molecule has 0 amide bonds. The van der Waals surface area contributed by atoms with E-state index in [0.29, 0.717) is 5.92 Å². The lowest BCUT2D eigenvalue weighted by atomic mass is 9.99. The molecule has 0 radical (unpaired) electrons. The molecule has 0 saturated heterocycles. The van der Waals surface area contributed by atoms with Crippen LogP contribution in [0, 0.1) is 5.92 Å². The van der Waals surface area contributed by atoms with Crippen molar-refractivity contribution in [2.75, 3.05) is 0 Å². The van der Waals surface area contributed by atoms with Crippen molar-refractivity contribution in [1.82, 2.24) is 4.98 Å². The summed E-state index contributed by atoms with van der Waals surface area (Å²) in [5.74, 6) is 0.714. The van der Waals surface area contributed by atoms with Crippen LogP contribution in [0.25, 0.3) is 0 Å². The van der Waals surface area contributed by atoms with E-state index in [1.165, 1.54) is 6.42 Å². The first-order valence-corrected chi connectivity index (χ1v) is 5.76. The van der Waals surface area contributed by atoms with Crippen molar-refractivity contribution in [3.8, 4) is 0 Å². The van der Waals surface area contributed by atoms with E-state index in [0.717, 1.165) is 16.6 Å². The minimum absolute atomic E-state index is 0. The molecule has 1 aromatic rings. The second-order valence-corrected chi connectivity index (χ2v) is 4.80. The maximum Gasteiger partial charge on any atom is 0.106 e. The van der Waals surface area contributed by atoms with E-state index in [1.807, 2.05) is 12.1 Å². The summed E-state index contributed by atoms with van der Waals surface area (Å²) in [6.07, 6.45) is 3.99. The van der Waals surface area contributed by atoms with Gasteiger partial charge in [0.05, 0.1) is 0 Å². The molecule has 0 unspecified atom stereocenters. The molecule has 0 aliphatic rings. The van der Waals surface area contributed by atoms with Crippen molar-refractivity contribution in [3.05, 3.63) is 28.5 Å². The van der Waals surface area contributed by atoms with Gasteiger partial charge < -0.3 is 5.73 Å². The van der Waals surface area contributed by atoms with E-state index >= 15 is 0 Å². The smallest absolute Gasteiger partial charge is 0.106 e. The molecule has 0 aromatic carbocycles. The fraction of sp³-hybridized carbons (Fsp3) is 0.545. The Bertz CT molecular complexity index is 292. The molecule has 15 heavy (non-hydrogen) atoms. The van der Waals surface area contributed by atoms with Gasteiger partial charge in [0.25, 0.3) is 0 Å². The van der Waals surface area contributed by atoms with Crippen LogP contribution >= 0.6 is 28.3 Å². The molecule has 0 saturated carbocycles. The van der Waals surface area contributed by atoms with Crippen LogP contribution in [-0.4, -0.2) is 4.98 Å². The van der Waals surface area contributed by atoms with Gasteiger partial charge in [-0.1, -0.05) is 13.8 Å². The summed E-state index contributed by atoms with van der Waals surface area (Å²) in [5, 5.41) is 0. The van der Waals surface area contributed by atoms with E-state index in [4.69, 9.17) is 5.73 Å². The number of pyridine rings is 1. The molecule has 1 rings (SSSR count). The van der Waals surface area contributed by atoms with Gasteiger partial charge >= 0.3 is 0 Å². The number of nitrogens with zero attached hydrogens (tertiary/aromatic N) is 1. The average Bonchev–Trinajstić information content (AvgIpc) is 2.14. The quantitative estimate of drug-likeness (QED) is 0.860. The van der Waals surface area contributed by atoms with Gasteiger partial charge in [0.1, 0.15) is 4.60 Å². The molecule has 1 aromatic heterocycles. The second kappa shape index (κ2) is 7.20. The Kier molecular flexibility index (Phi) is 7.14. The first-order valence-electron chi connectivity index (χ1n) is 4.96. The highest BCUT2D eigenvalue weighted by Gasteiger charge is 2.07. The third-order valence-corrected chi connectivity index (χ3v) is 2.67. The molecule has 2 nitrogen and oxygen atoms in total. The minimum Gasteiger partial charge on any atom is -0.324 e. The van der Waals surface area contributed by atoms with Crippen LogP contribution in [0.1, 0.15) is 38.3 Å². The number of aromatic nitrogens is 1. The second-order valence-electron chi connectivity index (χ2n) is 3.99. The number of hydrogen-bond donors (Lipinski definition) is 1. The van der Waals surface area contributed by atoms with Crippen molar-refractivity contribution in [3.63, 3.8) is 0 Å². The molecule has 1 atom stereocenters. The van der Waals surface area contributed by atoms with Gasteiger partial charge in [-0.15, -0.1) is 12.4 Å². The van der Waals surface area contributed by atoms with Crippen LogP contribution in [0.4, 0.5) is 0 Å². The Labute approximate surface area is 106 Å². The number of hydrogen-bond acceptors (Lipinski definition) is 2. The van der Waals surface area contributed by atoms with Gasteiger partial charge in [-0.2, -0.15) is 0 Å². The Morgan fingerprint density at radius 3 is 2.60 bits per heavy atom. The predicted octanol–water partition coefficient (Wildman–Crippen LogP) is 3.70. The van der Waals surface area contributed by atoms with Crippen LogP contribution in [-0.2, 0) is 0 Å². The van der Waals surface area contributed by atoms with Crippen molar-refractivity contribution in [1.29, 1.82) is 0 Å². The molecule has 4 heteroatoms. The SMILES string of the molecule is CC(C)CC[C@H](N)c1ccnc(Br)c1.Cl. The van der Waals surface area contributed by atoms with Crippen LogP contribution < -0.4 is 5.73 Å². The molecule has 0 bridgehead atoms. The molecular formula is C11H18BrClN2.